The second-order valence-corrected chi connectivity index (χ2v) is 10.1. The number of sulfonamides is 2. The van der Waals surface area contributed by atoms with Crippen LogP contribution in [0.2, 0.25) is 0 Å². The van der Waals surface area contributed by atoms with Crippen LogP contribution in [0.5, 0.6) is 5.75 Å². The number of anilines is 1. The maximum atomic E-state index is 12.8. The van der Waals surface area contributed by atoms with Gasteiger partial charge in [-0.2, -0.15) is 4.31 Å². The van der Waals surface area contributed by atoms with Gasteiger partial charge in [0.05, 0.1) is 34.5 Å². The van der Waals surface area contributed by atoms with E-state index in [-0.39, 0.29) is 41.8 Å². The van der Waals surface area contributed by atoms with Gasteiger partial charge in [-0.3, -0.25) is 14.8 Å². The van der Waals surface area contributed by atoms with Gasteiger partial charge in [0.15, 0.2) is 0 Å². The van der Waals surface area contributed by atoms with Gasteiger partial charge in [-0.1, -0.05) is 0 Å². The fraction of sp³-hybridized carbons (Fsp3) is 0.333. The molecule has 1 aliphatic heterocycles. The topological polar surface area (TPSA) is 145 Å². The average Bonchev–Trinajstić information content (AvgIpc) is 2.75. The molecule has 0 atom stereocenters. The second-order valence-electron chi connectivity index (χ2n) is 6.46. The lowest BCUT2D eigenvalue weighted by Crippen LogP contribution is -2.40. The lowest BCUT2D eigenvalue weighted by Gasteiger charge is -2.26. The molecule has 13 heteroatoms. The minimum Gasteiger partial charge on any atom is -0.494 e. The molecule has 1 aliphatic rings. The SMILES string of the molecule is CCOc1ccc(S(=O)(=O)Nc2ccc(S(=O)(=O)N3CCOCC3)cc2[N+](=O)[O-])cc1. The van der Waals surface area contributed by atoms with Crippen molar-refractivity contribution < 1.29 is 31.2 Å². The van der Waals surface area contributed by atoms with E-state index in [1.165, 1.54) is 28.6 Å². The second kappa shape index (κ2) is 9.18. The van der Waals surface area contributed by atoms with Crippen molar-refractivity contribution in [1.29, 1.82) is 0 Å². The first-order valence-corrected chi connectivity index (χ1v) is 12.2. The summed E-state index contributed by atoms with van der Waals surface area (Å²) < 4.78 is 64.6. The van der Waals surface area contributed by atoms with Crippen LogP contribution < -0.4 is 9.46 Å². The van der Waals surface area contributed by atoms with Crippen molar-refractivity contribution in [1.82, 2.24) is 4.31 Å². The Labute approximate surface area is 179 Å². The number of nitro benzene ring substituents is 1. The van der Waals surface area contributed by atoms with Crippen molar-refractivity contribution in [3.8, 4) is 5.75 Å². The maximum absolute atomic E-state index is 12.8. The smallest absolute Gasteiger partial charge is 0.294 e. The summed E-state index contributed by atoms with van der Waals surface area (Å²) in [6, 6.07) is 8.58. The van der Waals surface area contributed by atoms with Gasteiger partial charge in [0, 0.05) is 19.2 Å². The standard InChI is InChI=1S/C18H21N3O8S2/c1-2-29-14-3-5-15(6-4-14)30(24,25)19-17-8-7-16(13-18(17)21(22)23)31(26,27)20-9-11-28-12-10-20/h3-8,13,19H,2,9-12H2,1H3. The van der Waals surface area contributed by atoms with E-state index in [1.54, 1.807) is 6.92 Å². The molecule has 2 aromatic carbocycles. The largest absolute Gasteiger partial charge is 0.494 e. The van der Waals surface area contributed by atoms with Gasteiger partial charge in [-0.25, -0.2) is 16.8 Å². The van der Waals surface area contributed by atoms with E-state index < -0.39 is 30.7 Å². The number of rotatable bonds is 8. The van der Waals surface area contributed by atoms with Gasteiger partial charge in [0.1, 0.15) is 11.4 Å². The monoisotopic (exact) mass is 471 g/mol. The fourth-order valence-electron chi connectivity index (χ4n) is 2.93. The zero-order chi connectivity index (χ0) is 22.6. The molecular weight excluding hydrogens is 450 g/mol. The van der Waals surface area contributed by atoms with Crippen LogP contribution in [0, 0.1) is 10.1 Å². The maximum Gasteiger partial charge on any atom is 0.294 e. The molecule has 31 heavy (non-hydrogen) atoms. The third-order valence-electron chi connectivity index (χ3n) is 4.46. The zero-order valence-electron chi connectivity index (χ0n) is 16.6. The molecule has 1 saturated heterocycles. The summed E-state index contributed by atoms with van der Waals surface area (Å²) in [5.74, 6) is 0.477. The van der Waals surface area contributed by atoms with Crippen LogP contribution in [0.25, 0.3) is 0 Å². The Bertz CT molecular complexity index is 1160. The van der Waals surface area contributed by atoms with E-state index in [0.29, 0.717) is 12.4 Å². The van der Waals surface area contributed by atoms with Crippen LogP contribution in [0.4, 0.5) is 11.4 Å². The van der Waals surface area contributed by atoms with E-state index in [4.69, 9.17) is 9.47 Å². The van der Waals surface area contributed by atoms with Crippen LogP contribution in [-0.4, -0.2) is 59.0 Å². The molecule has 11 nitrogen and oxygen atoms in total. The first-order valence-electron chi connectivity index (χ1n) is 9.27. The van der Waals surface area contributed by atoms with Gasteiger partial charge in [0.25, 0.3) is 15.7 Å². The Hall–Kier alpha value is -2.74. The van der Waals surface area contributed by atoms with Crippen LogP contribution in [0.3, 0.4) is 0 Å². The van der Waals surface area contributed by atoms with Gasteiger partial charge < -0.3 is 9.47 Å². The molecule has 0 saturated carbocycles. The first kappa shape index (κ1) is 22.9. The first-order chi connectivity index (χ1) is 14.6. The molecule has 0 spiro atoms. The normalized spacial score (nSPS) is 15.4. The molecule has 1 heterocycles. The average molecular weight is 472 g/mol. The highest BCUT2D eigenvalue weighted by molar-refractivity contribution is 7.92. The Morgan fingerprint density at radius 3 is 2.26 bits per heavy atom. The minimum atomic E-state index is -4.16. The lowest BCUT2D eigenvalue weighted by molar-refractivity contribution is -0.384. The van der Waals surface area contributed by atoms with E-state index >= 15 is 0 Å². The fourth-order valence-corrected chi connectivity index (χ4v) is 5.43. The number of hydrogen-bond donors (Lipinski definition) is 1. The Morgan fingerprint density at radius 2 is 1.68 bits per heavy atom. The third-order valence-corrected chi connectivity index (χ3v) is 7.74. The number of morpholine rings is 1. The highest BCUT2D eigenvalue weighted by atomic mass is 32.2. The molecule has 2 aromatic rings. The van der Waals surface area contributed by atoms with Crippen LogP contribution in [-0.2, 0) is 24.8 Å². The van der Waals surface area contributed by atoms with Crippen LogP contribution in [0.1, 0.15) is 6.92 Å². The predicted octanol–water partition coefficient (Wildman–Crippen LogP) is 1.82. The van der Waals surface area contributed by atoms with Crippen molar-refractivity contribution in [2.45, 2.75) is 16.7 Å². The summed E-state index contributed by atoms with van der Waals surface area (Å²) in [6.45, 7) is 2.90. The summed E-state index contributed by atoms with van der Waals surface area (Å²) in [5.41, 5.74) is -1.02. The summed E-state index contributed by atoms with van der Waals surface area (Å²) in [7, 11) is -8.14. The van der Waals surface area contributed by atoms with Crippen molar-refractivity contribution in [2.24, 2.45) is 0 Å². The van der Waals surface area contributed by atoms with Crippen LogP contribution >= 0.6 is 0 Å². The van der Waals surface area contributed by atoms with Gasteiger partial charge >= 0.3 is 0 Å². The quantitative estimate of drug-likeness (QED) is 0.453. The molecular formula is C18H21N3O8S2. The van der Waals surface area contributed by atoms with E-state index in [2.05, 4.69) is 4.72 Å². The van der Waals surface area contributed by atoms with Crippen molar-refractivity contribution >= 4 is 31.4 Å². The van der Waals surface area contributed by atoms with Crippen molar-refractivity contribution in [3.63, 3.8) is 0 Å². The number of ether oxygens (including phenoxy) is 2. The van der Waals surface area contributed by atoms with E-state index in [0.717, 1.165) is 18.2 Å². The summed E-state index contributed by atoms with van der Waals surface area (Å²) in [6.07, 6.45) is 0. The molecule has 0 aromatic heterocycles. The number of nitrogens with one attached hydrogen (secondary N) is 1. The summed E-state index contributed by atoms with van der Waals surface area (Å²) >= 11 is 0. The van der Waals surface area contributed by atoms with Gasteiger partial charge in [-0.05, 0) is 43.3 Å². The molecule has 0 bridgehead atoms. The summed E-state index contributed by atoms with van der Waals surface area (Å²) in [5, 5.41) is 11.5. The predicted molar refractivity (Wildman–Crippen MR) is 111 cm³/mol. The number of nitrogens with zero attached hydrogens (tertiary/aromatic N) is 2. The molecule has 168 valence electrons. The Morgan fingerprint density at radius 1 is 1.06 bits per heavy atom. The minimum absolute atomic E-state index is 0.127. The molecule has 0 radical (unpaired) electrons. The van der Waals surface area contributed by atoms with E-state index in [9.17, 15) is 26.9 Å². The Balaban J connectivity index is 1.91. The van der Waals surface area contributed by atoms with E-state index in [1.807, 2.05) is 0 Å². The molecule has 1 N–H and O–H groups in total. The lowest BCUT2D eigenvalue weighted by atomic mass is 10.3. The zero-order valence-corrected chi connectivity index (χ0v) is 18.2. The van der Waals surface area contributed by atoms with Crippen LogP contribution in [0.15, 0.2) is 52.3 Å². The third kappa shape index (κ3) is 5.12. The molecule has 3 rings (SSSR count). The van der Waals surface area contributed by atoms with Crippen molar-refractivity contribution in [2.75, 3.05) is 37.6 Å². The Kier molecular flexibility index (Phi) is 6.79. The van der Waals surface area contributed by atoms with Crippen molar-refractivity contribution in [3.05, 3.63) is 52.6 Å². The highest BCUT2D eigenvalue weighted by Gasteiger charge is 2.30. The molecule has 1 fully saturated rings. The highest BCUT2D eigenvalue weighted by Crippen LogP contribution is 2.31. The number of nitro groups is 1. The molecule has 0 amide bonds. The number of benzene rings is 2. The van der Waals surface area contributed by atoms with Gasteiger partial charge in [-0.15, -0.1) is 0 Å². The number of hydrogen-bond acceptors (Lipinski definition) is 8. The molecule has 0 unspecified atom stereocenters. The summed E-state index contributed by atoms with van der Waals surface area (Å²) in [4.78, 5) is 10.3. The molecule has 0 aliphatic carbocycles. The van der Waals surface area contributed by atoms with Gasteiger partial charge in [0.2, 0.25) is 10.0 Å².